The van der Waals surface area contributed by atoms with Crippen molar-refractivity contribution < 1.29 is 14.7 Å². The van der Waals surface area contributed by atoms with Crippen LogP contribution in [-0.4, -0.2) is 33.7 Å². The largest absolute Gasteiger partial charge is 0.480 e. The number of aryl methyl sites for hydroxylation is 1. The molecule has 1 heterocycles. The van der Waals surface area contributed by atoms with Crippen LogP contribution in [0.4, 0.5) is 0 Å². The summed E-state index contributed by atoms with van der Waals surface area (Å²) in [5.41, 5.74) is 2.28. The Bertz CT molecular complexity index is 778. The molecule has 124 valence electrons. The van der Waals surface area contributed by atoms with E-state index in [1.165, 1.54) is 16.7 Å². The first kappa shape index (κ1) is 16.9. The molecule has 24 heavy (non-hydrogen) atoms. The summed E-state index contributed by atoms with van der Waals surface area (Å²) in [6.07, 6.45) is 0. The Kier molecular flexibility index (Phi) is 4.83. The Morgan fingerprint density at radius 2 is 1.83 bits per heavy atom. The lowest BCUT2D eigenvalue weighted by Crippen LogP contribution is -2.43. The maximum Gasteiger partial charge on any atom is 0.327 e. The number of halogens is 1. The molecule has 1 saturated heterocycles. The van der Waals surface area contributed by atoms with Crippen LogP contribution in [0.3, 0.4) is 0 Å². The second-order valence-corrected chi connectivity index (χ2v) is 7.16. The van der Waals surface area contributed by atoms with E-state index in [1.807, 2.05) is 37.3 Å². The Morgan fingerprint density at radius 1 is 1.17 bits per heavy atom. The number of carbonyl (C=O) groups is 2. The van der Waals surface area contributed by atoms with Crippen LogP contribution in [-0.2, 0) is 4.79 Å². The normalized spacial score (nSPS) is 20.2. The van der Waals surface area contributed by atoms with Gasteiger partial charge in [-0.25, -0.2) is 4.79 Å². The van der Waals surface area contributed by atoms with Crippen LogP contribution in [0, 0.1) is 6.92 Å². The summed E-state index contributed by atoms with van der Waals surface area (Å²) < 4.78 is 0. The van der Waals surface area contributed by atoms with Crippen LogP contribution in [0.1, 0.15) is 26.9 Å². The second-order valence-electron chi connectivity index (χ2n) is 5.64. The first-order valence-corrected chi connectivity index (χ1v) is 8.90. The van der Waals surface area contributed by atoms with Crippen LogP contribution in [0.25, 0.3) is 0 Å². The monoisotopic (exact) mass is 361 g/mol. The minimum absolute atomic E-state index is 0.294. The number of thioether (sulfide) groups is 1. The van der Waals surface area contributed by atoms with Gasteiger partial charge >= 0.3 is 5.97 Å². The van der Waals surface area contributed by atoms with Gasteiger partial charge in [0.25, 0.3) is 5.91 Å². The van der Waals surface area contributed by atoms with Gasteiger partial charge < -0.3 is 10.0 Å². The average molecular weight is 362 g/mol. The zero-order chi connectivity index (χ0) is 17.3. The van der Waals surface area contributed by atoms with E-state index in [-0.39, 0.29) is 5.91 Å². The highest BCUT2D eigenvalue weighted by atomic mass is 35.5. The minimum atomic E-state index is -1.00. The molecular weight excluding hydrogens is 346 g/mol. The summed E-state index contributed by atoms with van der Waals surface area (Å²) in [5.74, 6) is -0.960. The van der Waals surface area contributed by atoms with Gasteiger partial charge in [-0.3, -0.25) is 4.79 Å². The first-order valence-electron chi connectivity index (χ1n) is 7.47. The molecule has 2 aromatic rings. The molecule has 0 bridgehead atoms. The van der Waals surface area contributed by atoms with Crippen molar-refractivity contribution in [2.75, 3.05) is 5.75 Å². The third-order valence-electron chi connectivity index (χ3n) is 3.99. The molecule has 1 N–H and O–H groups in total. The number of rotatable bonds is 3. The molecule has 0 aromatic heterocycles. The van der Waals surface area contributed by atoms with Crippen LogP contribution < -0.4 is 0 Å². The standard InChI is InChI=1S/C18H16ClNO3S/c1-11-6-8-12(9-7-11)16(21)20-15(18(22)23)10-24-17(20)13-4-2-3-5-14(13)19/h2-9,15,17H,10H2,1H3,(H,22,23)/t15-,17-/m0/s1. The van der Waals surface area contributed by atoms with Crippen LogP contribution in [0.15, 0.2) is 48.5 Å². The number of hydrogen-bond acceptors (Lipinski definition) is 3. The number of carboxylic acids is 1. The van der Waals surface area contributed by atoms with Crippen molar-refractivity contribution in [2.45, 2.75) is 18.3 Å². The van der Waals surface area contributed by atoms with Crippen molar-refractivity contribution in [3.8, 4) is 0 Å². The molecule has 3 rings (SSSR count). The fourth-order valence-electron chi connectivity index (χ4n) is 2.70. The maximum atomic E-state index is 13.0. The number of carbonyl (C=O) groups excluding carboxylic acids is 1. The number of hydrogen-bond donors (Lipinski definition) is 1. The third-order valence-corrected chi connectivity index (χ3v) is 5.64. The predicted molar refractivity (Wildman–Crippen MR) is 95.4 cm³/mol. The smallest absolute Gasteiger partial charge is 0.327 e. The van der Waals surface area contributed by atoms with Gasteiger partial charge in [0, 0.05) is 21.9 Å². The molecule has 0 spiro atoms. The van der Waals surface area contributed by atoms with E-state index in [0.717, 1.165) is 11.1 Å². The van der Waals surface area contributed by atoms with Crippen molar-refractivity contribution in [1.29, 1.82) is 0 Å². The molecule has 1 fully saturated rings. The molecule has 1 aliphatic heterocycles. The van der Waals surface area contributed by atoms with Gasteiger partial charge in [-0.15, -0.1) is 11.8 Å². The molecular formula is C18H16ClNO3S. The number of nitrogens with zero attached hydrogens (tertiary/aromatic N) is 1. The molecule has 4 nitrogen and oxygen atoms in total. The van der Waals surface area contributed by atoms with E-state index < -0.39 is 17.4 Å². The highest BCUT2D eigenvalue weighted by molar-refractivity contribution is 7.99. The van der Waals surface area contributed by atoms with E-state index in [1.54, 1.807) is 18.2 Å². The number of aliphatic carboxylic acids is 1. The van der Waals surface area contributed by atoms with Crippen molar-refractivity contribution in [3.63, 3.8) is 0 Å². The van der Waals surface area contributed by atoms with Crippen LogP contribution >= 0.6 is 23.4 Å². The van der Waals surface area contributed by atoms with E-state index in [0.29, 0.717) is 16.3 Å². The van der Waals surface area contributed by atoms with Gasteiger partial charge in [0.15, 0.2) is 0 Å². The Morgan fingerprint density at radius 3 is 2.46 bits per heavy atom. The predicted octanol–water partition coefficient (Wildman–Crippen LogP) is 3.99. The minimum Gasteiger partial charge on any atom is -0.480 e. The van der Waals surface area contributed by atoms with Crippen LogP contribution in [0.2, 0.25) is 5.02 Å². The maximum absolute atomic E-state index is 13.0. The molecule has 1 amide bonds. The summed E-state index contributed by atoms with van der Waals surface area (Å²) in [5, 5.41) is 9.64. The lowest BCUT2D eigenvalue weighted by Gasteiger charge is -2.28. The second kappa shape index (κ2) is 6.87. The lowest BCUT2D eigenvalue weighted by molar-refractivity contribution is -0.141. The molecule has 0 saturated carbocycles. The summed E-state index contributed by atoms with van der Waals surface area (Å²) >= 11 is 7.69. The Labute approximate surface area is 149 Å². The lowest BCUT2D eigenvalue weighted by atomic mass is 10.1. The number of carboxylic acid groups (broad SMARTS) is 1. The molecule has 0 aliphatic carbocycles. The van der Waals surface area contributed by atoms with Gasteiger partial charge in [0.1, 0.15) is 11.4 Å². The Hall–Kier alpha value is -1.98. The average Bonchev–Trinajstić information content (AvgIpc) is 3.00. The topological polar surface area (TPSA) is 57.6 Å². The summed E-state index contributed by atoms with van der Waals surface area (Å²) in [7, 11) is 0. The summed E-state index contributed by atoms with van der Waals surface area (Å²) in [4.78, 5) is 26.0. The van der Waals surface area contributed by atoms with Crippen molar-refractivity contribution in [3.05, 3.63) is 70.2 Å². The third kappa shape index (κ3) is 3.14. The van der Waals surface area contributed by atoms with Gasteiger partial charge in [-0.1, -0.05) is 47.5 Å². The van der Waals surface area contributed by atoms with Gasteiger partial charge in [-0.2, -0.15) is 0 Å². The van der Waals surface area contributed by atoms with E-state index in [2.05, 4.69) is 0 Å². The molecule has 0 radical (unpaired) electrons. The fourth-order valence-corrected chi connectivity index (χ4v) is 4.46. The molecule has 0 unspecified atom stereocenters. The highest BCUT2D eigenvalue weighted by Gasteiger charge is 2.43. The zero-order valence-corrected chi connectivity index (χ0v) is 14.6. The highest BCUT2D eigenvalue weighted by Crippen LogP contribution is 2.44. The summed E-state index contributed by atoms with van der Waals surface area (Å²) in [6, 6.07) is 13.5. The van der Waals surface area contributed by atoms with Crippen molar-refractivity contribution in [2.24, 2.45) is 0 Å². The first-order chi connectivity index (χ1) is 11.5. The zero-order valence-electron chi connectivity index (χ0n) is 13.0. The number of benzene rings is 2. The molecule has 6 heteroatoms. The van der Waals surface area contributed by atoms with Gasteiger partial charge in [0.2, 0.25) is 0 Å². The van der Waals surface area contributed by atoms with Gasteiger partial charge in [0.05, 0.1) is 0 Å². The van der Waals surface area contributed by atoms with E-state index in [9.17, 15) is 14.7 Å². The Balaban J connectivity index is 2.01. The van der Waals surface area contributed by atoms with E-state index >= 15 is 0 Å². The van der Waals surface area contributed by atoms with E-state index in [4.69, 9.17) is 11.6 Å². The fraction of sp³-hybridized carbons (Fsp3) is 0.222. The SMILES string of the molecule is Cc1ccc(C(=O)N2[C@H](C(=O)O)CS[C@H]2c2ccccc2Cl)cc1. The van der Waals surface area contributed by atoms with Gasteiger partial charge in [-0.05, 0) is 25.1 Å². The molecule has 1 aliphatic rings. The van der Waals surface area contributed by atoms with Crippen LogP contribution in [0.5, 0.6) is 0 Å². The molecule has 2 atom stereocenters. The quantitative estimate of drug-likeness (QED) is 0.898. The number of amides is 1. The van der Waals surface area contributed by atoms with Crippen molar-refractivity contribution >= 4 is 35.2 Å². The molecule has 2 aromatic carbocycles. The van der Waals surface area contributed by atoms with Crippen molar-refractivity contribution in [1.82, 2.24) is 4.90 Å². The summed E-state index contributed by atoms with van der Waals surface area (Å²) in [6.45, 7) is 1.94.